The number of nitrogens with zero attached hydrogens (tertiary/aromatic N) is 3. The first-order valence-corrected chi connectivity index (χ1v) is 14.5. The lowest BCUT2D eigenvalue weighted by Crippen LogP contribution is -2.48. The molecular weight excluding hydrogens is 397 g/mol. The number of ether oxygens (including phenoxy) is 1. The van der Waals surface area contributed by atoms with Crippen LogP contribution < -0.4 is 16.4 Å². The van der Waals surface area contributed by atoms with Crippen LogP contribution in [0.2, 0.25) is 25.7 Å². The molecule has 8 heteroatoms. The Morgan fingerprint density at radius 1 is 1.30 bits per heavy atom. The molecule has 2 atom stereocenters. The molecule has 0 aliphatic carbocycles. The van der Waals surface area contributed by atoms with E-state index < -0.39 is 8.07 Å². The van der Waals surface area contributed by atoms with Crippen LogP contribution in [0.1, 0.15) is 24.0 Å². The minimum absolute atomic E-state index is 0.0807. The molecule has 30 heavy (non-hydrogen) atoms. The normalized spacial score (nSPS) is 20.0. The van der Waals surface area contributed by atoms with Gasteiger partial charge >= 0.3 is 0 Å². The van der Waals surface area contributed by atoms with Crippen molar-refractivity contribution in [1.82, 2.24) is 9.78 Å². The first-order valence-electron chi connectivity index (χ1n) is 10.8. The van der Waals surface area contributed by atoms with Crippen LogP contribution in [-0.4, -0.2) is 43.1 Å². The Morgan fingerprint density at radius 3 is 2.77 bits per heavy atom. The SMILES string of the molecule is Cc1cccc(F)c1N1CCC(N)CC1Cc1cn(COCC[Si](C)(C)C)nc1N. The molecular formula is C22H36FN5OSi. The maximum absolute atomic E-state index is 14.7. The van der Waals surface area contributed by atoms with E-state index in [4.69, 9.17) is 16.2 Å². The van der Waals surface area contributed by atoms with Crippen molar-refractivity contribution in [3.05, 3.63) is 41.3 Å². The van der Waals surface area contributed by atoms with E-state index in [0.29, 0.717) is 24.7 Å². The second kappa shape index (κ2) is 9.49. The van der Waals surface area contributed by atoms with Crippen molar-refractivity contribution in [2.75, 3.05) is 23.8 Å². The van der Waals surface area contributed by atoms with Gasteiger partial charge in [-0.3, -0.25) is 0 Å². The van der Waals surface area contributed by atoms with E-state index in [9.17, 15) is 4.39 Å². The van der Waals surface area contributed by atoms with E-state index in [0.717, 1.165) is 43.2 Å². The lowest BCUT2D eigenvalue weighted by molar-refractivity contribution is 0.0787. The van der Waals surface area contributed by atoms with Crippen LogP contribution in [0, 0.1) is 12.7 Å². The Bertz CT molecular complexity index is 830. The average molecular weight is 434 g/mol. The third-order valence-corrected chi connectivity index (χ3v) is 7.48. The smallest absolute Gasteiger partial charge is 0.148 e. The third kappa shape index (κ3) is 5.83. The molecule has 0 radical (unpaired) electrons. The Labute approximate surface area is 180 Å². The van der Waals surface area contributed by atoms with Crippen molar-refractivity contribution >= 4 is 19.6 Å². The van der Waals surface area contributed by atoms with Crippen LogP contribution in [0.25, 0.3) is 0 Å². The number of hydrogen-bond acceptors (Lipinski definition) is 5. The summed E-state index contributed by atoms with van der Waals surface area (Å²) >= 11 is 0. The van der Waals surface area contributed by atoms with Crippen LogP contribution in [0.3, 0.4) is 0 Å². The van der Waals surface area contributed by atoms with Crippen molar-refractivity contribution in [2.24, 2.45) is 5.73 Å². The number of piperidine rings is 1. The Morgan fingerprint density at radius 2 is 2.07 bits per heavy atom. The zero-order valence-electron chi connectivity index (χ0n) is 18.7. The van der Waals surface area contributed by atoms with Crippen molar-refractivity contribution in [1.29, 1.82) is 0 Å². The summed E-state index contributed by atoms with van der Waals surface area (Å²) in [6.07, 6.45) is 4.29. The Hall–Kier alpha value is -1.90. The van der Waals surface area contributed by atoms with Crippen LogP contribution in [0.4, 0.5) is 15.9 Å². The van der Waals surface area contributed by atoms with Crippen molar-refractivity contribution < 1.29 is 9.13 Å². The molecule has 0 amide bonds. The van der Waals surface area contributed by atoms with Crippen LogP contribution in [0.15, 0.2) is 24.4 Å². The lowest BCUT2D eigenvalue weighted by atomic mass is 9.92. The molecule has 2 heterocycles. The number of benzene rings is 1. The summed E-state index contributed by atoms with van der Waals surface area (Å²) in [5.74, 6) is 0.322. The van der Waals surface area contributed by atoms with Crippen LogP contribution in [0.5, 0.6) is 0 Å². The summed E-state index contributed by atoms with van der Waals surface area (Å²) in [5.41, 5.74) is 15.0. The molecule has 1 aliphatic rings. The molecule has 6 nitrogen and oxygen atoms in total. The van der Waals surface area contributed by atoms with Gasteiger partial charge in [0.15, 0.2) is 0 Å². The minimum Gasteiger partial charge on any atom is -0.382 e. The summed E-state index contributed by atoms with van der Waals surface area (Å²) in [7, 11) is -1.11. The van der Waals surface area contributed by atoms with Gasteiger partial charge in [-0.2, -0.15) is 5.10 Å². The topological polar surface area (TPSA) is 82.3 Å². The van der Waals surface area contributed by atoms with E-state index in [2.05, 4.69) is 29.6 Å². The first kappa shape index (κ1) is 22.8. The third-order valence-electron chi connectivity index (χ3n) is 5.78. The van der Waals surface area contributed by atoms with Gasteiger partial charge in [0.25, 0.3) is 0 Å². The maximum Gasteiger partial charge on any atom is 0.148 e. The summed E-state index contributed by atoms with van der Waals surface area (Å²) < 4.78 is 22.2. The van der Waals surface area contributed by atoms with Gasteiger partial charge in [0.05, 0.1) is 5.69 Å². The molecule has 1 aromatic heterocycles. The van der Waals surface area contributed by atoms with E-state index in [1.54, 1.807) is 10.7 Å². The number of nitrogens with two attached hydrogens (primary N) is 2. The van der Waals surface area contributed by atoms with Gasteiger partial charge in [0, 0.05) is 45.1 Å². The first-order chi connectivity index (χ1) is 14.1. The molecule has 3 rings (SSSR count). The number of halogens is 1. The van der Waals surface area contributed by atoms with E-state index in [-0.39, 0.29) is 17.9 Å². The van der Waals surface area contributed by atoms with Crippen molar-refractivity contribution in [3.63, 3.8) is 0 Å². The van der Waals surface area contributed by atoms with Gasteiger partial charge in [0.2, 0.25) is 0 Å². The average Bonchev–Trinajstić information content (AvgIpc) is 2.99. The number of aromatic nitrogens is 2. The zero-order chi connectivity index (χ0) is 21.9. The number of para-hydroxylation sites is 1. The highest BCUT2D eigenvalue weighted by Crippen LogP contribution is 2.32. The number of aryl methyl sites for hydroxylation is 1. The summed E-state index contributed by atoms with van der Waals surface area (Å²) in [5, 5.41) is 4.42. The molecule has 1 aromatic carbocycles. The van der Waals surface area contributed by atoms with Gasteiger partial charge in [-0.15, -0.1) is 0 Å². The molecule has 0 saturated carbocycles. The van der Waals surface area contributed by atoms with Gasteiger partial charge in [0.1, 0.15) is 18.4 Å². The fraction of sp³-hybridized carbons (Fsp3) is 0.591. The highest BCUT2D eigenvalue weighted by atomic mass is 28.3. The summed E-state index contributed by atoms with van der Waals surface area (Å²) in [6.45, 7) is 10.8. The molecule has 2 aromatic rings. The van der Waals surface area contributed by atoms with Crippen molar-refractivity contribution in [2.45, 2.75) is 70.7 Å². The van der Waals surface area contributed by atoms with Gasteiger partial charge in [-0.1, -0.05) is 31.8 Å². The predicted octanol–water partition coefficient (Wildman–Crippen LogP) is 3.76. The fourth-order valence-electron chi connectivity index (χ4n) is 4.05. The molecule has 0 bridgehead atoms. The monoisotopic (exact) mass is 433 g/mol. The molecule has 1 saturated heterocycles. The number of anilines is 2. The number of rotatable bonds is 8. The highest BCUT2D eigenvalue weighted by Gasteiger charge is 2.30. The van der Waals surface area contributed by atoms with E-state index >= 15 is 0 Å². The Balaban J connectivity index is 1.71. The summed E-state index contributed by atoms with van der Waals surface area (Å²) in [6, 6.07) is 6.54. The molecule has 1 aliphatic heterocycles. The van der Waals surface area contributed by atoms with E-state index in [1.165, 1.54) is 6.07 Å². The second-order valence-electron chi connectivity index (χ2n) is 9.67. The molecule has 0 spiro atoms. The second-order valence-corrected chi connectivity index (χ2v) is 15.3. The standard InChI is InChI=1S/C22H36FN5OSi/c1-16-6-5-7-20(23)21(16)28-9-8-18(24)13-19(28)12-17-14-27(26-22(17)25)15-29-10-11-30(2,3)4/h5-7,14,18-19H,8-13,15,24H2,1-4H3,(H2,25,26). The zero-order valence-corrected chi connectivity index (χ0v) is 19.7. The lowest BCUT2D eigenvalue weighted by Gasteiger charge is -2.41. The quantitative estimate of drug-likeness (QED) is 0.489. The largest absolute Gasteiger partial charge is 0.382 e. The fourth-order valence-corrected chi connectivity index (χ4v) is 4.80. The van der Waals surface area contributed by atoms with Gasteiger partial charge in [-0.05, 0) is 43.9 Å². The predicted molar refractivity (Wildman–Crippen MR) is 124 cm³/mol. The Kier molecular flexibility index (Phi) is 7.20. The maximum atomic E-state index is 14.7. The van der Waals surface area contributed by atoms with Gasteiger partial charge in [-0.25, -0.2) is 9.07 Å². The van der Waals surface area contributed by atoms with Crippen LogP contribution in [-0.2, 0) is 17.9 Å². The molecule has 2 unspecified atom stereocenters. The molecule has 4 N–H and O–H groups in total. The minimum atomic E-state index is -1.11. The molecule has 166 valence electrons. The number of hydrogen-bond donors (Lipinski definition) is 2. The van der Waals surface area contributed by atoms with Crippen LogP contribution >= 0.6 is 0 Å². The van der Waals surface area contributed by atoms with Gasteiger partial charge < -0.3 is 21.1 Å². The molecule has 1 fully saturated rings. The highest BCUT2D eigenvalue weighted by molar-refractivity contribution is 6.76. The van der Waals surface area contributed by atoms with E-state index in [1.807, 2.05) is 19.2 Å². The van der Waals surface area contributed by atoms with Crippen molar-refractivity contribution in [3.8, 4) is 0 Å². The number of nitrogen functional groups attached to an aromatic ring is 1. The summed E-state index contributed by atoms with van der Waals surface area (Å²) in [4.78, 5) is 2.16.